The van der Waals surface area contributed by atoms with Crippen LogP contribution in [0.2, 0.25) is 0 Å². The molecule has 2 N–H and O–H groups in total. The van der Waals surface area contributed by atoms with E-state index in [2.05, 4.69) is 46.7 Å². The lowest BCUT2D eigenvalue weighted by Crippen LogP contribution is -2.14. The second-order valence-corrected chi connectivity index (χ2v) is 4.25. The molecule has 0 atom stereocenters. The Kier molecular flexibility index (Phi) is 3.94. The molecule has 1 aromatic carbocycles. The molecule has 0 fully saturated rings. The number of aryl methyl sites for hydroxylation is 2. The molecule has 0 amide bonds. The summed E-state index contributed by atoms with van der Waals surface area (Å²) in [4.78, 5) is 0. The van der Waals surface area contributed by atoms with E-state index in [-0.39, 0.29) is 0 Å². The molecule has 0 unspecified atom stereocenters. The van der Waals surface area contributed by atoms with E-state index in [1.54, 1.807) is 0 Å². The zero-order valence-electron chi connectivity index (χ0n) is 10.5. The number of nitrogens with zero attached hydrogens (tertiary/aromatic N) is 1. The second kappa shape index (κ2) is 5.64. The van der Waals surface area contributed by atoms with Crippen molar-refractivity contribution in [3.05, 3.63) is 52.8 Å². The molecule has 0 saturated heterocycles. The fraction of sp³-hybridized carbons (Fsp3) is 0.357. The van der Waals surface area contributed by atoms with Gasteiger partial charge >= 0.3 is 0 Å². The van der Waals surface area contributed by atoms with Crippen molar-refractivity contribution < 1.29 is 0 Å². The molecular weight excluding hydrogens is 210 g/mol. The van der Waals surface area contributed by atoms with Crippen LogP contribution in [0.1, 0.15) is 29.3 Å². The highest BCUT2D eigenvalue weighted by molar-refractivity contribution is 5.27. The van der Waals surface area contributed by atoms with Crippen molar-refractivity contribution in [3.63, 3.8) is 0 Å². The van der Waals surface area contributed by atoms with Crippen molar-refractivity contribution in [1.82, 2.24) is 15.5 Å². The van der Waals surface area contributed by atoms with Crippen molar-refractivity contribution in [1.29, 1.82) is 0 Å². The number of nitrogens with one attached hydrogen (secondary N) is 2. The SMILES string of the molecule is CCc1ccccc1CNCc1cn[nH]c1C. The summed E-state index contributed by atoms with van der Waals surface area (Å²) in [6, 6.07) is 8.58. The van der Waals surface area contributed by atoms with E-state index >= 15 is 0 Å². The Labute approximate surface area is 102 Å². The van der Waals surface area contributed by atoms with Gasteiger partial charge in [-0.25, -0.2) is 0 Å². The highest BCUT2D eigenvalue weighted by Crippen LogP contribution is 2.09. The standard InChI is InChI=1S/C14H19N3/c1-3-12-6-4-5-7-13(12)8-15-9-14-10-16-17-11(14)2/h4-7,10,15H,3,8-9H2,1-2H3,(H,16,17). The molecule has 0 aliphatic heterocycles. The van der Waals surface area contributed by atoms with Crippen LogP contribution in [-0.4, -0.2) is 10.2 Å². The molecule has 2 aromatic rings. The average Bonchev–Trinajstić information content (AvgIpc) is 2.76. The lowest BCUT2D eigenvalue weighted by Gasteiger charge is -2.08. The van der Waals surface area contributed by atoms with Crippen LogP contribution in [0.4, 0.5) is 0 Å². The third-order valence-electron chi connectivity index (χ3n) is 3.06. The third-order valence-corrected chi connectivity index (χ3v) is 3.06. The molecule has 0 saturated carbocycles. The van der Waals surface area contributed by atoms with Gasteiger partial charge in [-0.2, -0.15) is 5.10 Å². The Morgan fingerprint density at radius 2 is 1.82 bits per heavy atom. The van der Waals surface area contributed by atoms with Crippen molar-refractivity contribution in [2.45, 2.75) is 33.4 Å². The summed E-state index contributed by atoms with van der Waals surface area (Å²) in [5, 5.41) is 10.4. The first-order valence-corrected chi connectivity index (χ1v) is 6.07. The van der Waals surface area contributed by atoms with Crippen LogP contribution in [0.15, 0.2) is 30.5 Å². The molecule has 90 valence electrons. The van der Waals surface area contributed by atoms with Gasteiger partial charge in [0.15, 0.2) is 0 Å². The number of aromatic nitrogens is 2. The lowest BCUT2D eigenvalue weighted by atomic mass is 10.1. The van der Waals surface area contributed by atoms with Crippen LogP contribution >= 0.6 is 0 Å². The molecule has 2 rings (SSSR count). The second-order valence-electron chi connectivity index (χ2n) is 4.25. The van der Waals surface area contributed by atoms with Crippen molar-refractivity contribution in [3.8, 4) is 0 Å². The maximum Gasteiger partial charge on any atom is 0.0535 e. The Balaban J connectivity index is 1.92. The van der Waals surface area contributed by atoms with Crippen molar-refractivity contribution in [2.75, 3.05) is 0 Å². The summed E-state index contributed by atoms with van der Waals surface area (Å²) in [6.45, 7) is 6.01. The predicted molar refractivity (Wildman–Crippen MR) is 69.7 cm³/mol. The molecule has 0 aliphatic rings. The summed E-state index contributed by atoms with van der Waals surface area (Å²) >= 11 is 0. The largest absolute Gasteiger partial charge is 0.308 e. The Hall–Kier alpha value is -1.61. The van der Waals surface area contributed by atoms with Crippen LogP contribution in [-0.2, 0) is 19.5 Å². The maximum absolute atomic E-state index is 4.02. The van der Waals surface area contributed by atoms with Gasteiger partial charge < -0.3 is 5.32 Å². The number of aromatic amines is 1. The summed E-state index contributed by atoms with van der Waals surface area (Å²) in [7, 11) is 0. The van der Waals surface area contributed by atoms with Gasteiger partial charge in [0.05, 0.1) is 6.20 Å². The molecule has 0 spiro atoms. The third kappa shape index (κ3) is 2.94. The first-order chi connectivity index (χ1) is 8.31. The van der Waals surface area contributed by atoms with E-state index in [4.69, 9.17) is 0 Å². The summed E-state index contributed by atoms with van der Waals surface area (Å²) < 4.78 is 0. The fourth-order valence-electron chi connectivity index (χ4n) is 1.96. The van der Waals surface area contributed by atoms with Gasteiger partial charge in [0.1, 0.15) is 0 Å². The van der Waals surface area contributed by atoms with Gasteiger partial charge in [-0.05, 0) is 24.5 Å². The lowest BCUT2D eigenvalue weighted by molar-refractivity contribution is 0.686. The molecule has 0 aliphatic carbocycles. The Morgan fingerprint density at radius 3 is 2.47 bits per heavy atom. The highest BCUT2D eigenvalue weighted by atomic mass is 15.1. The van der Waals surface area contributed by atoms with Crippen LogP contribution in [0.5, 0.6) is 0 Å². The van der Waals surface area contributed by atoms with Crippen LogP contribution < -0.4 is 5.32 Å². The topological polar surface area (TPSA) is 40.7 Å². The smallest absolute Gasteiger partial charge is 0.0535 e. The van der Waals surface area contributed by atoms with Gasteiger partial charge in [0.25, 0.3) is 0 Å². The van der Waals surface area contributed by atoms with E-state index in [1.807, 2.05) is 13.1 Å². The van der Waals surface area contributed by atoms with Crippen LogP contribution in [0.3, 0.4) is 0 Å². The molecule has 17 heavy (non-hydrogen) atoms. The maximum atomic E-state index is 4.02. The molecule has 1 heterocycles. The van der Waals surface area contributed by atoms with E-state index in [0.717, 1.165) is 25.2 Å². The van der Waals surface area contributed by atoms with Crippen LogP contribution in [0, 0.1) is 6.92 Å². The van der Waals surface area contributed by atoms with Gasteiger partial charge in [-0.1, -0.05) is 31.2 Å². The quantitative estimate of drug-likeness (QED) is 0.827. The number of H-pyrrole nitrogens is 1. The zero-order chi connectivity index (χ0) is 12.1. The summed E-state index contributed by atoms with van der Waals surface area (Å²) in [6.07, 6.45) is 2.97. The zero-order valence-corrected chi connectivity index (χ0v) is 10.5. The van der Waals surface area contributed by atoms with E-state index in [1.165, 1.54) is 16.7 Å². The Bertz CT molecular complexity index is 474. The van der Waals surface area contributed by atoms with E-state index < -0.39 is 0 Å². The summed E-state index contributed by atoms with van der Waals surface area (Å²) in [5.74, 6) is 0. The molecule has 0 radical (unpaired) electrons. The summed E-state index contributed by atoms with van der Waals surface area (Å²) in [5.41, 5.74) is 5.18. The minimum Gasteiger partial charge on any atom is -0.308 e. The van der Waals surface area contributed by atoms with Gasteiger partial charge in [-0.3, -0.25) is 5.10 Å². The average molecular weight is 229 g/mol. The number of benzene rings is 1. The van der Waals surface area contributed by atoms with Crippen LogP contribution in [0.25, 0.3) is 0 Å². The highest BCUT2D eigenvalue weighted by Gasteiger charge is 2.01. The van der Waals surface area contributed by atoms with E-state index in [9.17, 15) is 0 Å². The fourth-order valence-corrected chi connectivity index (χ4v) is 1.96. The van der Waals surface area contributed by atoms with Gasteiger partial charge in [-0.15, -0.1) is 0 Å². The van der Waals surface area contributed by atoms with Crippen molar-refractivity contribution in [2.24, 2.45) is 0 Å². The van der Waals surface area contributed by atoms with Gasteiger partial charge in [0, 0.05) is 24.3 Å². The minimum atomic E-state index is 0.861. The first kappa shape index (κ1) is 11.9. The molecule has 3 heteroatoms. The molecule has 0 bridgehead atoms. The Morgan fingerprint density at radius 1 is 1.12 bits per heavy atom. The normalized spacial score (nSPS) is 10.7. The number of hydrogen-bond acceptors (Lipinski definition) is 2. The van der Waals surface area contributed by atoms with Gasteiger partial charge in [0.2, 0.25) is 0 Å². The molecule has 3 nitrogen and oxygen atoms in total. The first-order valence-electron chi connectivity index (χ1n) is 6.07. The minimum absolute atomic E-state index is 0.861. The number of hydrogen-bond donors (Lipinski definition) is 2. The van der Waals surface area contributed by atoms with Crippen molar-refractivity contribution >= 4 is 0 Å². The molecule has 1 aromatic heterocycles. The number of rotatable bonds is 5. The molecular formula is C14H19N3. The predicted octanol–water partition coefficient (Wildman–Crippen LogP) is 2.57. The monoisotopic (exact) mass is 229 g/mol. The van der Waals surface area contributed by atoms with E-state index in [0.29, 0.717) is 0 Å².